The molecule has 0 radical (unpaired) electrons. The Morgan fingerprint density at radius 1 is 0.594 bits per heavy atom. The fourth-order valence-electron chi connectivity index (χ4n) is 3.28. The Hall–Kier alpha value is -3.80. The molecule has 0 aromatic heterocycles. The van der Waals surface area contributed by atoms with Crippen LogP contribution in [0.1, 0.15) is 57.8 Å². The van der Waals surface area contributed by atoms with E-state index in [2.05, 4.69) is 10.6 Å². The van der Waals surface area contributed by atoms with E-state index in [-0.39, 0.29) is 23.9 Å². The molecule has 0 fully saturated rings. The highest BCUT2D eigenvalue weighted by Crippen LogP contribution is 2.19. The van der Waals surface area contributed by atoms with Crippen LogP contribution in [0.4, 0.5) is 0 Å². The van der Waals surface area contributed by atoms with Gasteiger partial charge in [0.25, 0.3) is 11.8 Å². The quantitative estimate of drug-likeness (QED) is 0.542. The molecule has 2 amide bonds. The summed E-state index contributed by atoms with van der Waals surface area (Å²) < 4.78 is 10.3. The van der Waals surface area contributed by atoms with Gasteiger partial charge in [-0.05, 0) is 73.5 Å². The van der Waals surface area contributed by atoms with E-state index >= 15 is 0 Å². The predicted molar refractivity (Wildman–Crippen MR) is 124 cm³/mol. The van der Waals surface area contributed by atoms with Crippen molar-refractivity contribution in [1.29, 1.82) is 0 Å². The van der Waals surface area contributed by atoms with E-state index in [1.807, 2.05) is 62.4 Å². The molecule has 0 aliphatic rings. The molecule has 0 saturated heterocycles. The summed E-state index contributed by atoms with van der Waals surface area (Å²) in [5.41, 5.74) is 2.93. The van der Waals surface area contributed by atoms with Gasteiger partial charge >= 0.3 is 0 Å². The molecule has 2 N–H and O–H groups in total. The zero-order valence-corrected chi connectivity index (χ0v) is 18.7. The number of rotatable bonds is 8. The maximum atomic E-state index is 12.6. The second kappa shape index (κ2) is 10.5. The molecule has 3 aromatic carbocycles. The molecule has 2 atom stereocenters. The van der Waals surface area contributed by atoms with E-state index in [0.717, 1.165) is 22.6 Å². The summed E-state index contributed by atoms with van der Waals surface area (Å²) in [7, 11) is 3.23. The van der Waals surface area contributed by atoms with Crippen LogP contribution in [0.2, 0.25) is 0 Å². The summed E-state index contributed by atoms with van der Waals surface area (Å²) in [6.45, 7) is 3.84. The van der Waals surface area contributed by atoms with Crippen molar-refractivity contribution in [2.24, 2.45) is 0 Å². The molecular weight excluding hydrogens is 404 g/mol. The molecule has 2 unspecified atom stereocenters. The first-order chi connectivity index (χ1) is 15.4. The third-order valence-corrected chi connectivity index (χ3v) is 5.34. The minimum atomic E-state index is -0.202. The van der Waals surface area contributed by atoms with Crippen molar-refractivity contribution in [1.82, 2.24) is 10.6 Å². The average molecular weight is 433 g/mol. The zero-order chi connectivity index (χ0) is 23.1. The van der Waals surface area contributed by atoms with E-state index < -0.39 is 0 Å². The second-order valence-corrected chi connectivity index (χ2v) is 7.51. The summed E-state index contributed by atoms with van der Waals surface area (Å²) in [4.78, 5) is 25.2. The van der Waals surface area contributed by atoms with Crippen LogP contribution in [-0.2, 0) is 0 Å². The van der Waals surface area contributed by atoms with Crippen LogP contribution >= 0.6 is 0 Å². The van der Waals surface area contributed by atoms with Crippen LogP contribution in [0.15, 0.2) is 72.8 Å². The number of hydrogen-bond acceptors (Lipinski definition) is 4. The third-order valence-electron chi connectivity index (χ3n) is 5.34. The monoisotopic (exact) mass is 432 g/mol. The molecule has 0 bridgehead atoms. The van der Waals surface area contributed by atoms with Gasteiger partial charge in [0.15, 0.2) is 0 Å². The smallest absolute Gasteiger partial charge is 0.251 e. The molecule has 0 heterocycles. The SMILES string of the molecule is COc1ccc(C(C)NC(=O)c2ccc(C(=O)NC(C)c3ccc(OC)cc3)cc2)cc1. The first-order valence-electron chi connectivity index (χ1n) is 10.4. The Labute approximate surface area is 188 Å². The molecule has 0 aliphatic carbocycles. The lowest BCUT2D eigenvalue weighted by atomic mass is 10.1. The lowest BCUT2D eigenvalue weighted by Gasteiger charge is -2.16. The predicted octanol–water partition coefficient (Wildman–Crippen LogP) is 4.69. The van der Waals surface area contributed by atoms with Crippen molar-refractivity contribution >= 4 is 11.8 Å². The molecule has 6 nitrogen and oxygen atoms in total. The first kappa shape index (κ1) is 22.9. The Bertz CT molecular complexity index is 958. The van der Waals surface area contributed by atoms with Crippen molar-refractivity contribution in [2.75, 3.05) is 14.2 Å². The Kier molecular flexibility index (Phi) is 7.49. The number of nitrogens with one attached hydrogen (secondary N) is 2. The van der Waals surface area contributed by atoms with Crippen LogP contribution in [0.5, 0.6) is 11.5 Å². The highest BCUT2D eigenvalue weighted by Gasteiger charge is 2.14. The number of amides is 2. The summed E-state index contributed by atoms with van der Waals surface area (Å²) >= 11 is 0. The van der Waals surface area contributed by atoms with Gasteiger partial charge in [-0.15, -0.1) is 0 Å². The fraction of sp³-hybridized carbons (Fsp3) is 0.231. The van der Waals surface area contributed by atoms with Gasteiger partial charge in [0.05, 0.1) is 26.3 Å². The molecule has 0 saturated carbocycles. The number of ether oxygens (including phenoxy) is 2. The largest absolute Gasteiger partial charge is 0.497 e. The molecule has 3 aromatic rings. The van der Waals surface area contributed by atoms with Crippen LogP contribution in [0, 0.1) is 0 Å². The number of hydrogen-bond donors (Lipinski definition) is 2. The number of benzene rings is 3. The third kappa shape index (κ3) is 5.66. The zero-order valence-electron chi connectivity index (χ0n) is 18.7. The Balaban J connectivity index is 1.59. The van der Waals surface area contributed by atoms with E-state index in [1.165, 1.54) is 0 Å². The van der Waals surface area contributed by atoms with Crippen molar-refractivity contribution in [3.63, 3.8) is 0 Å². The van der Waals surface area contributed by atoms with Gasteiger partial charge in [-0.3, -0.25) is 9.59 Å². The van der Waals surface area contributed by atoms with Crippen molar-refractivity contribution in [2.45, 2.75) is 25.9 Å². The summed E-state index contributed by atoms with van der Waals surface area (Å²) in [6.07, 6.45) is 0. The highest BCUT2D eigenvalue weighted by atomic mass is 16.5. The number of carbonyl (C=O) groups is 2. The molecular formula is C26H28N2O4. The maximum Gasteiger partial charge on any atom is 0.251 e. The lowest BCUT2D eigenvalue weighted by molar-refractivity contribution is 0.0927. The van der Waals surface area contributed by atoms with E-state index in [4.69, 9.17) is 9.47 Å². The van der Waals surface area contributed by atoms with Gasteiger partial charge in [0, 0.05) is 11.1 Å². The fourth-order valence-corrected chi connectivity index (χ4v) is 3.28. The lowest BCUT2D eigenvalue weighted by Crippen LogP contribution is -2.28. The molecule has 32 heavy (non-hydrogen) atoms. The van der Waals surface area contributed by atoms with E-state index in [0.29, 0.717) is 11.1 Å². The van der Waals surface area contributed by atoms with Crippen molar-refractivity contribution < 1.29 is 19.1 Å². The summed E-state index contributed by atoms with van der Waals surface area (Å²) in [5.74, 6) is 1.13. The second-order valence-electron chi connectivity index (χ2n) is 7.51. The van der Waals surface area contributed by atoms with Crippen LogP contribution in [-0.4, -0.2) is 26.0 Å². The minimum Gasteiger partial charge on any atom is -0.497 e. The topological polar surface area (TPSA) is 76.7 Å². The number of methoxy groups -OCH3 is 2. The van der Waals surface area contributed by atoms with Crippen LogP contribution in [0.3, 0.4) is 0 Å². The van der Waals surface area contributed by atoms with Crippen molar-refractivity contribution in [3.8, 4) is 11.5 Å². The highest BCUT2D eigenvalue weighted by molar-refractivity contribution is 5.98. The minimum absolute atomic E-state index is 0.165. The van der Waals surface area contributed by atoms with Gasteiger partial charge in [-0.1, -0.05) is 24.3 Å². The molecule has 0 spiro atoms. The first-order valence-corrected chi connectivity index (χ1v) is 10.4. The van der Waals surface area contributed by atoms with Crippen LogP contribution in [0.25, 0.3) is 0 Å². The van der Waals surface area contributed by atoms with Crippen molar-refractivity contribution in [3.05, 3.63) is 95.1 Å². The van der Waals surface area contributed by atoms with Gasteiger partial charge in [-0.25, -0.2) is 0 Å². The number of carbonyl (C=O) groups excluding carboxylic acids is 2. The molecule has 6 heteroatoms. The Morgan fingerprint density at radius 2 is 0.906 bits per heavy atom. The molecule has 0 aliphatic heterocycles. The van der Waals surface area contributed by atoms with E-state index in [1.54, 1.807) is 38.5 Å². The summed E-state index contributed by atoms with van der Waals surface area (Å²) in [6, 6.07) is 21.4. The van der Waals surface area contributed by atoms with Crippen LogP contribution < -0.4 is 20.1 Å². The summed E-state index contributed by atoms with van der Waals surface area (Å²) in [5, 5.41) is 5.94. The average Bonchev–Trinajstić information content (AvgIpc) is 2.84. The van der Waals surface area contributed by atoms with Gasteiger partial charge in [0.1, 0.15) is 11.5 Å². The normalized spacial score (nSPS) is 12.4. The maximum absolute atomic E-state index is 12.6. The van der Waals surface area contributed by atoms with Gasteiger partial charge < -0.3 is 20.1 Å². The van der Waals surface area contributed by atoms with E-state index in [9.17, 15) is 9.59 Å². The standard InChI is InChI=1S/C26H28N2O4/c1-17(19-9-13-23(31-3)14-10-19)27-25(29)21-5-7-22(8-6-21)26(30)28-18(2)20-11-15-24(32-4)16-12-20/h5-18H,1-4H3,(H,27,29)(H,28,30). The Morgan fingerprint density at radius 3 is 1.19 bits per heavy atom. The van der Waals surface area contributed by atoms with Gasteiger partial charge in [0.2, 0.25) is 0 Å². The molecule has 166 valence electrons. The van der Waals surface area contributed by atoms with Gasteiger partial charge in [-0.2, -0.15) is 0 Å². The molecule has 3 rings (SSSR count).